The molecule has 5 rings (SSSR count). The molecule has 3 aromatic heterocycles. The van der Waals surface area contributed by atoms with Crippen molar-refractivity contribution in [1.29, 1.82) is 0 Å². The number of thiophene rings is 1. The van der Waals surface area contributed by atoms with Crippen LogP contribution in [0.15, 0.2) is 30.2 Å². The normalized spacial score (nSPS) is 19.1. The number of aromatic nitrogens is 4. The van der Waals surface area contributed by atoms with E-state index < -0.39 is 0 Å². The second-order valence-corrected chi connectivity index (χ2v) is 8.29. The minimum Gasteiger partial charge on any atom is -0.370 e. The zero-order valence-corrected chi connectivity index (χ0v) is 15.2. The molecule has 0 atom stereocenters. The van der Waals surface area contributed by atoms with E-state index in [4.69, 9.17) is 4.74 Å². The molecule has 1 saturated heterocycles. The number of hydrogen-bond donors (Lipinski definition) is 0. The van der Waals surface area contributed by atoms with Crippen LogP contribution in [0.5, 0.6) is 0 Å². The molecule has 0 N–H and O–H groups in total. The molecule has 6 nitrogen and oxygen atoms in total. The molecule has 1 spiro atoms. The van der Waals surface area contributed by atoms with E-state index in [1.807, 2.05) is 17.5 Å². The van der Waals surface area contributed by atoms with Crippen LogP contribution in [-0.2, 0) is 16.8 Å². The van der Waals surface area contributed by atoms with E-state index in [1.54, 1.807) is 29.2 Å². The number of nitrogens with zero attached hydrogens (tertiary/aromatic N) is 5. The van der Waals surface area contributed by atoms with Crippen LogP contribution < -0.4 is 4.90 Å². The Labute approximate surface area is 153 Å². The molecule has 3 aromatic rings. The zero-order valence-electron chi connectivity index (χ0n) is 13.6. The maximum absolute atomic E-state index is 6.36. The van der Waals surface area contributed by atoms with Crippen LogP contribution >= 0.6 is 22.7 Å². The second-order valence-electron chi connectivity index (χ2n) is 6.34. The van der Waals surface area contributed by atoms with Crippen LogP contribution in [0.2, 0.25) is 0 Å². The van der Waals surface area contributed by atoms with Crippen LogP contribution in [0.1, 0.15) is 23.3 Å². The minimum absolute atomic E-state index is 0.161. The van der Waals surface area contributed by atoms with Crippen molar-refractivity contribution in [3.63, 3.8) is 0 Å². The smallest absolute Gasteiger partial charge is 0.208 e. The molecule has 2 aliphatic rings. The Kier molecular flexibility index (Phi) is 3.76. The standard InChI is InChI=1S/C17H17N5OS2/c1-8-23-17(2-6-22(7-3-17)16-21-20-11-24-16)12-9-15(25-14(1)12)13-10-18-4-5-19-13/h4-5,9-11H,1-3,6-8H2. The highest BCUT2D eigenvalue weighted by Gasteiger charge is 2.42. The predicted molar refractivity (Wildman–Crippen MR) is 98.0 cm³/mol. The van der Waals surface area contributed by atoms with Gasteiger partial charge in [0, 0.05) is 36.8 Å². The van der Waals surface area contributed by atoms with E-state index in [0.717, 1.165) is 49.8 Å². The van der Waals surface area contributed by atoms with E-state index in [0.29, 0.717) is 0 Å². The summed E-state index contributed by atoms with van der Waals surface area (Å²) in [5, 5.41) is 9.17. The number of fused-ring (bicyclic) bond motifs is 2. The van der Waals surface area contributed by atoms with Gasteiger partial charge >= 0.3 is 0 Å². The lowest BCUT2D eigenvalue weighted by atomic mass is 9.82. The molecule has 0 bridgehead atoms. The van der Waals surface area contributed by atoms with Crippen molar-refractivity contribution in [1.82, 2.24) is 20.2 Å². The molecule has 0 saturated carbocycles. The van der Waals surface area contributed by atoms with Crippen molar-refractivity contribution >= 4 is 27.8 Å². The number of ether oxygens (including phenoxy) is 1. The third-order valence-corrected chi connectivity index (χ3v) is 6.98. The van der Waals surface area contributed by atoms with Gasteiger partial charge < -0.3 is 9.64 Å². The van der Waals surface area contributed by atoms with E-state index >= 15 is 0 Å². The molecule has 5 heterocycles. The van der Waals surface area contributed by atoms with Gasteiger partial charge in [-0.3, -0.25) is 9.97 Å². The van der Waals surface area contributed by atoms with E-state index in [1.165, 1.54) is 15.3 Å². The third kappa shape index (κ3) is 2.65. The Bertz CT molecular complexity index is 857. The highest BCUT2D eigenvalue weighted by Crippen LogP contribution is 2.46. The first-order chi connectivity index (χ1) is 12.3. The van der Waals surface area contributed by atoms with Crippen molar-refractivity contribution in [2.24, 2.45) is 0 Å². The first-order valence-electron chi connectivity index (χ1n) is 8.39. The average Bonchev–Trinajstić information content (AvgIpc) is 3.34. The fourth-order valence-electron chi connectivity index (χ4n) is 3.75. The fraction of sp³-hybridized carbons (Fsp3) is 0.412. The number of anilines is 1. The molecular formula is C17H17N5OS2. The molecule has 0 aromatic carbocycles. The number of piperidine rings is 1. The van der Waals surface area contributed by atoms with Crippen molar-refractivity contribution < 1.29 is 4.74 Å². The maximum atomic E-state index is 6.36. The van der Waals surface area contributed by atoms with Gasteiger partial charge in [-0.25, -0.2) is 0 Å². The van der Waals surface area contributed by atoms with E-state index in [-0.39, 0.29) is 5.60 Å². The first kappa shape index (κ1) is 15.4. The van der Waals surface area contributed by atoms with Crippen LogP contribution in [-0.4, -0.2) is 39.9 Å². The van der Waals surface area contributed by atoms with Gasteiger partial charge in [-0.1, -0.05) is 11.3 Å². The average molecular weight is 371 g/mol. The summed E-state index contributed by atoms with van der Waals surface area (Å²) in [5.74, 6) is 0. The molecule has 2 aliphatic heterocycles. The first-order valence-corrected chi connectivity index (χ1v) is 10.1. The van der Waals surface area contributed by atoms with Gasteiger partial charge in [0.1, 0.15) is 5.51 Å². The van der Waals surface area contributed by atoms with E-state index in [2.05, 4.69) is 31.1 Å². The van der Waals surface area contributed by atoms with Gasteiger partial charge in [0.2, 0.25) is 5.13 Å². The Balaban J connectivity index is 1.44. The lowest BCUT2D eigenvalue weighted by molar-refractivity contribution is -0.0756. The van der Waals surface area contributed by atoms with Crippen molar-refractivity contribution in [2.45, 2.75) is 24.9 Å². The van der Waals surface area contributed by atoms with Crippen LogP contribution in [0, 0.1) is 0 Å². The summed E-state index contributed by atoms with van der Waals surface area (Å²) in [4.78, 5) is 13.6. The molecule has 0 unspecified atom stereocenters. The highest BCUT2D eigenvalue weighted by atomic mass is 32.1. The van der Waals surface area contributed by atoms with Crippen LogP contribution in [0.4, 0.5) is 5.13 Å². The van der Waals surface area contributed by atoms with Crippen molar-refractivity contribution in [2.75, 3.05) is 24.6 Å². The maximum Gasteiger partial charge on any atom is 0.208 e. The largest absolute Gasteiger partial charge is 0.370 e. The topological polar surface area (TPSA) is 64.0 Å². The van der Waals surface area contributed by atoms with Crippen molar-refractivity contribution in [3.8, 4) is 10.6 Å². The van der Waals surface area contributed by atoms with Gasteiger partial charge in [-0.2, -0.15) is 0 Å². The lowest BCUT2D eigenvalue weighted by Gasteiger charge is -2.43. The summed E-state index contributed by atoms with van der Waals surface area (Å²) in [5.41, 5.74) is 3.94. The summed E-state index contributed by atoms with van der Waals surface area (Å²) in [6, 6.07) is 2.28. The van der Waals surface area contributed by atoms with Gasteiger partial charge in [0.25, 0.3) is 0 Å². The lowest BCUT2D eigenvalue weighted by Crippen LogP contribution is -2.46. The van der Waals surface area contributed by atoms with Gasteiger partial charge in [0.05, 0.1) is 29.0 Å². The Morgan fingerprint density at radius 1 is 1.20 bits per heavy atom. The summed E-state index contributed by atoms with van der Waals surface area (Å²) < 4.78 is 6.36. The summed E-state index contributed by atoms with van der Waals surface area (Å²) >= 11 is 3.44. The molecule has 25 heavy (non-hydrogen) atoms. The van der Waals surface area contributed by atoms with Gasteiger partial charge in [-0.05, 0) is 24.5 Å². The molecular weight excluding hydrogens is 354 g/mol. The molecule has 128 valence electrons. The molecule has 1 fully saturated rings. The van der Waals surface area contributed by atoms with Crippen molar-refractivity contribution in [3.05, 3.63) is 40.6 Å². The Morgan fingerprint density at radius 2 is 2.12 bits per heavy atom. The molecule has 0 amide bonds. The Hall–Kier alpha value is -1.90. The van der Waals surface area contributed by atoms with Crippen LogP contribution in [0.25, 0.3) is 10.6 Å². The quantitative estimate of drug-likeness (QED) is 0.690. The zero-order chi connectivity index (χ0) is 16.7. The molecule has 8 heteroatoms. The predicted octanol–water partition coefficient (Wildman–Crippen LogP) is 3.13. The summed E-state index contributed by atoms with van der Waals surface area (Å²) in [6.07, 6.45) is 8.25. The minimum atomic E-state index is -0.161. The molecule has 0 radical (unpaired) electrons. The number of rotatable bonds is 2. The van der Waals surface area contributed by atoms with Gasteiger partial charge in [-0.15, -0.1) is 21.5 Å². The number of hydrogen-bond acceptors (Lipinski definition) is 8. The monoisotopic (exact) mass is 371 g/mol. The highest BCUT2D eigenvalue weighted by molar-refractivity contribution is 7.15. The fourth-order valence-corrected chi connectivity index (χ4v) is 5.55. The summed E-state index contributed by atoms with van der Waals surface area (Å²) in [7, 11) is 0. The third-order valence-electron chi connectivity index (χ3n) is 5.01. The second kappa shape index (κ2) is 6.12. The van der Waals surface area contributed by atoms with Gasteiger partial charge in [0.15, 0.2) is 0 Å². The van der Waals surface area contributed by atoms with Crippen LogP contribution in [0.3, 0.4) is 0 Å². The summed E-state index contributed by atoms with van der Waals surface area (Å²) in [6.45, 7) is 2.70. The molecule has 0 aliphatic carbocycles. The Morgan fingerprint density at radius 3 is 2.88 bits per heavy atom. The SMILES string of the molecule is c1cnc(-c2cc3c(s2)CCOC32CCN(c3nncs3)CC2)cn1. The van der Waals surface area contributed by atoms with E-state index in [9.17, 15) is 0 Å².